The predicted octanol–water partition coefficient (Wildman–Crippen LogP) is 2.37. The van der Waals surface area contributed by atoms with Gasteiger partial charge < -0.3 is 5.11 Å². The normalized spacial score (nSPS) is 12.3. The second kappa shape index (κ2) is 3.43. The Morgan fingerprint density at radius 1 is 1.53 bits per heavy atom. The van der Waals surface area contributed by atoms with Crippen molar-refractivity contribution in [3.63, 3.8) is 0 Å². The summed E-state index contributed by atoms with van der Waals surface area (Å²) in [6.07, 6.45) is 3.28. The van der Waals surface area contributed by atoms with Crippen LogP contribution in [-0.4, -0.2) is 19.5 Å². The van der Waals surface area contributed by atoms with Crippen LogP contribution in [0.2, 0.25) is 5.15 Å². The minimum absolute atomic E-state index is 0.354. The molecule has 2 rings (SSSR count). The van der Waals surface area contributed by atoms with Crippen LogP contribution < -0.4 is 0 Å². The van der Waals surface area contributed by atoms with Gasteiger partial charge in [-0.1, -0.05) is 11.6 Å². The predicted molar refractivity (Wildman–Crippen MR) is 60.9 cm³/mol. The van der Waals surface area contributed by atoms with Gasteiger partial charge in [0.2, 0.25) is 0 Å². The molecule has 0 radical (unpaired) electrons. The van der Waals surface area contributed by atoms with Gasteiger partial charge in [-0.25, -0.2) is 9.97 Å². The Morgan fingerprint density at radius 2 is 2.20 bits per heavy atom. The van der Waals surface area contributed by atoms with Crippen molar-refractivity contribution in [1.82, 2.24) is 14.4 Å². The van der Waals surface area contributed by atoms with Crippen LogP contribution in [0.15, 0.2) is 17.0 Å². The molecule has 0 amide bonds. The van der Waals surface area contributed by atoms with Crippen molar-refractivity contribution in [2.75, 3.05) is 0 Å². The molecule has 4 nitrogen and oxygen atoms in total. The zero-order chi connectivity index (χ0) is 11.2. The van der Waals surface area contributed by atoms with E-state index in [2.05, 4.69) is 25.9 Å². The first-order valence-electron chi connectivity index (χ1n) is 4.32. The van der Waals surface area contributed by atoms with Crippen molar-refractivity contribution in [2.45, 2.75) is 19.4 Å². The van der Waals surface area contributed by atoms with E-state index >= 15 is 0 Å². The van der Waals surface area contributed by atoms with Gasteiger partial charge in [-0.2, -0.15) is 0 Å². The zero-order valence-corrected chi connectivity index (χ0v) is 10.5. The summed E-state index contributed by atoms with van der Waals surface area (Å²) in [7, 11) is 0. The van der Waals surface area contributed by atoms with E-state index in [-0.39, 0.29) is 0 Å². The van der Waals surface area contributed by atoms with Crippen LogP contribution in [0, 0.1) is 0 Å². The number of halogens is 2. The number of hydrogen-bond donors (Lipinski definition) is 1. The minimum Gasteiger partial charge on any atom is -0.382 e. The molecule has 0 aliphatic heterocycles. The molecule has 0 aliphatic carbocycles. The third-order valence-electron chi connectivity index (χ3n) is 2.01. The first-order chi connectivity index (χ1) is 6.91. The van der Waals surface area contributed by atoms with Crippen LogP contribution in [-0.2, 0) is 5.60 Å². The lowest BCUT2D eigenvalue weighted by atomic mass is 10.1. The summed E-state index contributed by atoms with van der Waals surface area (Å²) >= 11 is 9.24. The van der Waals surface area contributed by atoms with E-state index in [0.717, 1.165) is 0 Å². The van der Waals surface area contributed by atoms with Gasteiger partial charge in [0.15, 0.2) is 5.15 Å². The SMILES string of the molecule is CC(C)(O)c1nc(Br)c2c(Cl)nccn12. The molecule has 15 heavy (non-hydrogen) atoms. The van der Waals surface area contributed by atoms with Crippen LogP contribution >= 0.6 is 27.5 Å². The maximum atomic E-state index is 9.92. The molecule has 0 saturated carbocycles. The van der Waals surface area contributed by atoms with Crippen molar-refractivity contribution in [1.29, 1.82) is 0 Å². The largest absolute Gasteiger partial charge is 0.382 e. The molecule has 1 N–H and O–H groups in total. The molecule has 0 fully saturated rings. The third kappa shape index (κ3) is 1.75. The Kier molecular flexibility index (Phi) is 2.48. The summed E-state index contributed by atoms with van der Waals surface area (Å²) < 4.78 is 2.30. The van der Waals surface area contributed by atoms with Crippen molar-refractivity contribution < 1.29 is 5.11 Å². The molecular formula is C9H9BrClN3O. The maximum absolute atomic E-state index is 9.92. The molecule has 0 spiro atoms. The van der Waals surface area contributed by atoms with Gasteiger partial charge in [0.1, 0.15) is 21.5 Å². The molecule has 0 aliphatic rings. The van der Waals surface area contributed by atoms with Gasteiger partial charge in [-0.15, -0.1) is 0 Å². The molecule has 2 heterocycles. The summed E-state index contributed by atoms with van der Waals surface area (Å²) in [5.41, 5.74) is -0.365. The first kappa shape index (κ1) is 10.9. The molecular weight excluding hydrogens is 281 g/mol. The highest BCUT2D eigenvalue weighted by atomic mass is 79.9. The first-order valence-corrected chi connectivity index (χ1v) is 5.49. The van der Waals surface area contributed by atoms with Crippen molar-refractivity contribution in [3.05, 3.63) is 28.0 Å². The zero-order valence-electron chi connectivity index (χ0n) is 8.20. The average molecular weight is 291 g/mol. The number of hydrogen-bond acceptors (Lipinski definition) is 3. The second-order valence-corrected chi connectivity index (χ2v) is 4.83. The third-order valence-corrected chi connectivity index (χ3v) is 2.84. The van der Waals surface area contributed by atoms with Gasteiger partial charge in [-0.05, 0) is 29.8 Å². The van der Waals surface area contributed by atoms with Crippen LogP contribution in [0.3, 0.4) is 0 Å². The number of aromatic nitrogens is 3. The Labute approximate surface area is 100 Å². The molecule has 6 heteroatoms. The van der Waals surface area contributed by atoms with E-state index in [1.165, 1.54) is 0 Å². The van der Waals surface area contributed by atoms with Crippen molar-refractivity contribution in [2.24, 2.45) is 0 Å². The molecule has 0 saturated heterocycles. The Hall–Kier alpha value is -0.650. The van der Waals surface area contributed by atoms with E-state index in [4.69, 9.17) is 11.6 Å². The van der Waals surface area contributed by atoms with Gasteiger partial charge in [0.25, 0.3) is 0 Å². The van der Waals surface area contributed by atoms with Crippen molar-refractivity contribution >= 4 is 33.0 Å². The number of fused-ring (bicyclic) bond motifs is 1. The second-order valence-electron chi connectivity index (χ2n) is 3.72. The molecule has 0 aromatic carbocycles. The summed E-state index contributed by atoms with van der Waals surface area (Å²) in [6, 6.07) is 0. The van der Waals surface area contributed by atoms with Crippen LogP contribution in [0.5, 0.6) is 0 Å². The van der Waals surface area contributed by atoms with Crippen LogP contribution in [0.25, 0.3) is 5.52 Å². The van der Waals surface area contributed by atoms with Gasteiger partial charge >= 0.3 is 0 Å². The van der Waals surface area contributed by atoms with Crippen LogP contribution in [0.4, 0.5) is 0 Å². The van der Waals surface area contributed by atoms with E-state index in [1.807, 2.05) is 0 Å². The lowest BCUT2D eigenvalue weighted by Crippen LogP contribution is -2.19. The van der Waals surface area contributed by atoms with E-state index in [1.54, 1.807) is 30.6 Å². The Morgan fingerprint density at radius 3 is 2.80 bits per heavy atom. The van der Waals surface area contributed by atoms with Crippen molar-refractivity contribution in [3.8, 4) is 0 Å². The Bertz CT molecular complexity index is 518. The van der Waals surface area contributed by atoms with Gasteiger partial charge in [0, 0.05) is 12.4 Å². The maximum Gasteiger partial charge on any atom is 0.155 e. The molecule has 0 unspecified atom stereocenters. The topological polar surface area (TPSA) is 50.4 Å². The van der Waals surface area contributed by atoms with Crippen LogP contribution in [0.1, 0.15) is 19.7 Å². The molecule has 80 valence electrons. The molecule has 2 aromatic heterocycles. The number of nitrogens with zero attached hydrogens (tertiary/aromatic N) is 3. The summed E-state index contributed by atoms with van der Waals surface area (Å²) in [5.74, 6) is 0.522. The highest BCUT2D eigenvalue weighted by Crippen LogP contribution is 2.28. The van der Waals surface area contributed by atoms with Gasteiger partial charge in [0.05, 0.1) is 0 Å². The standard InChI is InChI=1S/C9H9BrClN3O/c1-9(2,15)8-13-6(10)5-7(11)12-3-4-14(5)8/h3-4,15H,1-2H3. The molecule has 2 aromatic rings. The lowest BCUT2D eigenvalue weighted by Gasteiger charge is -2.15. The average Bonchev–Trinajstić information content (AvgIpc) is 2.44. The number of rotatable bonds is 1. The minimum atomic E-state index is -1.03. The highest BCUT2D eigenvalue weighted by Gasteiger charge is 2.24. The lowest BCUT2D eigenvalue weighted by molar-refractivity contribution is 0.0681. The number of imidazole rings is 1. The monoisotopic (exact) mass is 289 g/mol. The summed E-state index contributed by atoms with van der Waals surface area (Å²) in [4.78, 5) is 8.18. The number of aliphatic hydroxyl groups is 1. The fraction of sp³-hybridized carbons (Fsp3) is 0.333. The summed E-state index contributed by atoms with van der Waals surface area (Å²) in [6.45, 7) is 3.34. The van der Waals surface area contributed by atoms with Gasteiger partial charge in [-0.3, -0.25) is 4.40 Å². The Balaban J connectivity index is 2.85. The molecule has 0 bridgehead atoms. The van der Waals surface area contributed by atoms with E-state index in [0.29, 0.717) is 21.1 Å². The fourth-order valence-electron chi connectivity index (χ4n) is 1.39. The summed E-state index contributed by atoms with van der Waals surface area (Å²) in [5, 5.41) is 10.3. The van der Waals surface area contributed by atoms with E-state index < -0.39 is 5.60 Å². The fourth-order valence-corrected chi connectivity index (χ4v) is 2.29. The highest BCUT2D eigenvalue weighted by molar-refractivity contribution is 9.10. The quantitative estimate of drug-likeness (QED) is 0.877. The molecule has 0 atom stereocenters. The van der Waals surface area contributed by atoms with E-state index in [9.17, 15) is 5.11 Å². The smallest absolute Gasteiger partial charge is 0.155 e.